The summed E-state index contributed by atoms with van der Waals surface area (Å²) in [6.45, 7) is 5.44. The maximum absolute atomic E-state index is 12.6. The summed E-state index contributed by atoms with van der Waals surface area (Å²) < 4.78 is 32.4. The number of carbonyl (C=O) groups excluding carboxylic acids is 1. The fourth-order valence-corrected chi connectivity index (χ4v) is 4.50. The highest BCUT2D eigenvalue weighted by Crippen LogP contribution is 2.31. The summed E-state index contributed by atoms with van der Waals surface area (Å²) in [5, 5.41) is 0. The van der Waals surface area contributed by atoms with Crippen LogP contribution in [0.25, 0.3) is 0 Å². The van der Waals surface area contributed by atoms with Crippen molar-refractivity contribution in [3.8, 4) is 5.75 Å². The lowest BCUT2D eigenvalue weighted by Crippen LogP contribution is -2.39. The van der Waals surface area contributed by atoms with Gasteiger partial charge >= 0.3 is 0 Å². The highest BCUT2D eigenvalue weighted by atomic mass is 32.2. The summed E-state index contributed by atoms with van der Waals surface area (Å²) in [6, 6.07) is 13.8. The van der Waals surface area contributed by atoms with Crippen LogP contribution in [-0.4, -0.2) is 33.0 Å². The Labute approximate surface area is 160 Å². The van der Waals surface area contributed by atoms with Crippen LogP contribution < -0.4 is 14.4 Å². The lowest BCUT2D eigenvalue weighted by Gasteiger charge is -2.22. The quantitative estimate of drug-likeness (QED) is 0.826. The van der Waals surface area contributed by atoms with Crippen LogP contribution in [0.5, 0.6) is 5.75 Å². The fraction of sp³-hybridized carbons (Fsp3) is 0.350. The van der Waals surface area contributed by atoms with E-state index in [1.165, 1.54) is 12.1 Å². The summed E-state index contributed by atoms with van der Waals surface area (Å²) in [5.41, 5.74) is 2.09. The number of hydrogen-bond donors (Lipinski definition) is 1. The molecule has 27 heavy (non-hydrogen) atoms. The number of fused-ring (bicyclic) bond motifs is 1. The van der Waals surface area contributed by atoms with Crippen molar-refractivity contribution < 1.29 is 17.9 Å². The van der Waals surface area contributed by atoms with Gasteiger partial charge in [-0.1, -0.05) is 18.2 Å². The summed E-state index contributed by atoms with van der Waals surface area (Å²) in [5.74, 6) is 0.331. The molecule has 0 radical (unpaired) electrons. The molecule has 144 valence electrons. The van der Waals surface area contributed by atoms with Gasteiger partial charge in [-0.05, 0) is 63.1 Å². The van der Waals surface area contributed by atoms with E-state index in [0.29, 0.717) is 5.75 Å². The van der Waals surface area contributed by atoms with Crippen LogP contribution in [0.2, 0.25) is 0 Å². The van der Waals surface area contributed by atoms with E-state index in [4.69, 9.17) is 4.74 Å². The molecule has 1 aliphatic heterocycles. The molecule has 0 saturated carbocycles. The van der Waals surface area contributed by atoms with Crippen molar-refractivity contribution in [2.45, 2.75) is 44.2 Å². The molecular weight excluding hydrogens is 364 g/mol. The Balaban J connectivity index is 1.65. The second-order valence-corrected chi connectivity index (χ2v) is 8.70. The molecule has 3 rings (SSSR count). The predicted molar refractivity (Wildman–Crippen MR) is 104 cm³/mol. The van der Waals surface area contributed by atoms with E-state index in [0.717, 1.165) is 17.7 Å². The Morgan fingerprint density at radius 1 is 1.19 bits per heavy atom. The standard InChI is InChI=1S/C20H24N2O4S/c1-14(2)21-27(24,25)18-10-8-17(9-11-18)26-13-20(23)22-15(3)12-16-6-4-5-7-19(16)22/h4-11,14-15,21H,12-13H2,1-3H3/t15-/m0/s1. The average Bonchev–Trinajstić information content (AvgIpc) is 2.94. The monoisotopic (exact) mass is 388 g/mol. The van der Waals surface area contributed by atoms with Crippen LogP contribution in [0.15, 0.2) is 53.4 Å². The fourth-order valence-electron chi connectivity index (χ4n) is 3.25. The van der Waals surface area contributed by atoms with Crippen LogP contribution in [-0.2, 0) is 21.2 Å². The van der Waals surface area contributed by atoms with E-state index in [-0.39, 0.29) is 29.5 Å². The first-order chi connectivity index (χ1) is 12.8. The van der Waals surface area contributed by atoms with Crippen LogP contribution in [0.4, 0.5) is 5.69 Å². The van der Waals surface area contributed by atoms with E-state index in [1.807, 2.05) is 31.2 Å². The van der Waals surface area contributed by atoms with Gasteiger partial charge in [0, 0.05) is 17.8 Å². The Kier molecular flexibility index (Phi) is 5.53. The average molecular weight is 388 g/mol. The van der Waals surface area contributed by atoms with Crippen molar-refractivity contribution in [3.05, 3.63) is 54.1 Å². The molecule has 0 saturated heterocycles. The van der Waals surface area contributed by atoms with Gasteiger partial charge in [-0.2, -0.15) is 0 Å². The van der Waals surface area contributed by atoms with Crippen molar-refractivity contribution >= 4 is 21.6 Å². The Hall–Kier alpha value is -2.38. The number of para-hydroxylation sites is 1. The van der Waals surface area contributed by atoms with E-state index in [1.54, 1.807) is 30.9 Å². The molecule has 7 heteroatoms. The molecule has 2 aromatic carbocycles. The number of rotatable bonds is 6. The maximum Gasteiger partial charge on any atom is 0.265 e. The van der Waals surface area contributed by atoms with Gasteiger partial charge in [-0.15, -0.1) is 0 Å². The minimum absolute atomic E-state index is 0.0909. The van der Waals surface area contributed by atoms with Gasteiger partial charge in [-0.3, -0.25) is 4.79 Å². The number of ether oxygens (including phenoxy) is 1. The number of amides is 1. The first-order valence-corrected chi connectivity index (χ1v) is 10.4. The van der Waals surface area contributed by atoms with Gasteiger partial charge in [0.2, 0.25) is 10.0 Å². The molecule has 0 aliphatic carbocycles. The van der Waals surface area contributed by atoms with E-state index < -0.39 is 10.0 Å². The zero-order valence-electron chi connectivity index (χ0n) is 15.7. The van der Waals surface area contributed by atoms with Crippen LogP contribution in [0.1, 0.15) is 26.3 Å². The molecule has 1 N–H and O–H groups in total. The molecule has 0 bridgehead atoms. The van der Waals surface area contributed by atoms with Gasteiger partial charge < -0.3 is 9.64 Å². The highest BCUT2D eigenvalue weighted by molar-refractivity contribution is 7.89. The number of nitrogens with zero attached hydrogens (tertiary/aromatic N) is 1. The van der Waals surface area contributed by atoms with Gasteiger partial charge in [-0.25, -0.2) is 13.1 Å². The number of nitrogens with one attached hydrogen (secondary N) is 1. The summed E-state index contributed by atoms with van der Waals surface area (Å²) >= 11 is 0. The Morgan fingerprint density at radius 3 is 2.52 bits per heavy atom. The zero-order valence-corrected chi connectivity index (χ0v) is 16.5. The Bertz CT molecular complexity index is 923. The van der Waals surface area contributed by atoms with Gasteiger partial charge in [0.1, 0.15) is 5.75 Å². The molecular formula is C20H24N2O4S. The molecule has 1 aliphatic rings. The molecule has 0 fully saturated rings. The normalized spacial score (nSPS) is 16.4. The SMILES string of the molecule is CC(C)NS(=O)(=O)c1ccc(OCC(=O)N2c3ccccc3C[C@@H]2C)cc1. The molecule has 2 aromatic rings. The lowest BCUT2D eigenvalue weighted by atomic mass is 10.1. The molecule has 1 amide bonds. The lowest BCUT2D eigenvalue weighted by molar-refractivity contribution is -0.120. The topological polar surface area (TPSA) is 75.7 Å². The van der Waals surface area contributed by atoms with Crippen LogP contribution >= 0.6 is 0 Å². The summed E-state index contributed by atoms with van der Waals surface area (Å²) in [6.07, 6.45) is 0.831. The van der Waals surface area contributed by atoms with Crippen molar-refractivity contribution in [1.82, 2.24) is 4.72 Å². The molecule has 0 spiro atoms. The number of anilines is 1. The molecule has 0 unspecified atom stereocenters. The highest BCUT2D eigenvalue weighted by Gasteiger charge is 2.30. The largest absolute Gasteiger partial charge is 0.484 e. The van der Waals surface area contributed by atoms with Crippen LogP contribution in [0.3, 0.4) is 0 Å². The number of carbonyl (C=O) groups is 1. The summed E-state index contributed by atoms with van der Waals surface area (Å²) in [4.78, 5) is 14.6. The van der Waals surface area contributed by atoms with Gasteiger partial charge in [0.05, 0.1) is 4.90 Å². The van der Waals surface area contributed by atoms with E-state index >= 15 is 0 Å². The smallest absolute Gasteiger partial charge is 0.265 e. The summed E-state index contributed by atoms with van der Waals surface area (Å²) in [7, 11) is -3.54. The second-order valence-electron chi connectivity index (χ2n) is 6.98. The second kappa shape index (κ2) is 7.70. The maximum atomic E-state index is 12.6. The van der Waals surface area contributed by atoms with Crippen molar-refractivity contribution in [2.75, 3.05) is 11.5 Å². The third-order valence-electron chi connectivity index (χ3n) is 4.36. The first kappa shape index (κ1) is 19.4. The van der Waals surface area contributed by atoms with Crippen LogP contribution in [0, 0.1) is 0 Å². The first-order valence-electron chi connectivity index (χ1n) is 8.93. The zero-order chi connectivity index (χ0) is 19.6. The van der Waals surface area contributed by atoms with Crippen molar-refractivity contribution in [1.29, 1.82) is 0 Å². The third kappa shape index (κ3) is 4.31. The molecule has 0 aromatic heterocycles. The number of benzene rings is 2. The van der Waals surface area contributed by atoms with Gasteiger partial charge in [0.15, 0.2) is 6.61 Å². The van der Waals surface area contributed by atoms with E-state index in [9.17, 15) is 13.2 Å². The molecule has 1 heterocycles. The molecule has 1 atom stereocenters. The Morgan fingerprint density at radius 2 is 1.85 bits per heavy atom. The van der Waals surface area contributed by atoms with Gasteiger partial charge in [0.25, 0.3) is 5.91 Å². The van der Waals surface area contributed by atoms with E-state index in [2.05, 4.69) is 4.72 Å². The number of sulfonamides is 1. The third-order valence-corrected chi connectivity index (χ3v) is 6.04. The minimum atomic E-state index is -3.54. The number of hydrogen-bond acceptors (Lipinski definition) is 4. The molecule has 6 nitrogen and oxygen atoms in total. The minimum Gasteiger partial charge on any atom is -0.484 e. The van der Waals surface area contributed by atoms with Crippen molar-refractivity contribution in [2.24, 2.45) is 0 Å². The predicted octanol–water partition coefficient (Wildman–Crippen LogP) is 2.73. The van der Waals surface area contributed by atoms with Crippen molar-refractivity contribution in [3.63, 3.8) is 0 Å².